The van der Waals surface area contributed by atoms with E-state index in [1.807, 2.05) is 26.0 Å². The van der Waals surface area contributed by atoms with E-state index in [-0.39, 0.29) is 0 Å². The number of hydrogen-bond acceptors (Lipinski definition) is 5. The number of carbonyl (C=O) groups excluding carboxylic acids is 3. The van der Waals surface area contributed by atoms with Gasteiger partial charge in [-0.25, -0.2) is 9.59 Å². The number of fused-ring (bicyclic) bond motifs is 1. The fourth-order valence-electron chi connectivity index (χ4n) is 3.14. The molecule has 142 valence electrons. The van der Waals surface area contributed by atoms with Crippen molar-refractivity contribution in [3.8, 4) is 0 Å². The molecule has 0 spiro atoms. The number of anilines is 1. The van der Waals surface area contributed by atoms with Gasteiger partial charge in [0.15, 0.2) is 6.61 Å². The van der Waals surface area contributed by atoms with Crippen LogP contribution in [0.1, 0.15) is 44.8 Å². The first-order valence-electron chi connectivity index (χ1n) is 8.88. The van der Waals surface area contributed by atoms with Crippen LogP contribution >= 0.6 is 11.3 Å². The largest absolute Gasteiger partial charge is 0.452 e. The lowest BCUT2D eigenvalue weighted by Gasteiger charge is -2.12. The summed E-state index contributed by atoms with van der Waals surface area (Å²) < 4.78 is 5.08. The second kappa shape index (κ2) is 8.35. The summed E-state index contributed by atoms with van der Waals surface area (Å²) >= 11 is 1.56. The van der Waals surface area contributed by atoms with E-state index in [2.05, 4.69) is 10.6 Å². The minimum atomic E-state index is -0.672. The van der Waals surface area contributed by atoms with E-state index in [4.69, 9.17) is 4.74 Å². The number of ether oxygens (including phenoxy) is 1. The number of aryl methyl sites for hydroxylation is 3. The lowest BCUT2D eigenvalue weighted by Crippen LogP contribution is -2.37. The number of urea groups is 1. The number of rotatable bonds is 4. The second-order valence-corrected chi connectivity index (χ2v) is 7.62. The molecular weight excluding hydrogens is 364 g/mol. The molecule has 27 heavy (non-hydrogen) atoms. The first-order chi connectivity index (χ1) is 12.9. The van der Waals surface area contributed by atoms with E-state index < -0.39 is 24.5 Å². The van der Waals surface area contributed by atoms with Crippen molar-refractivity contribution >= 4 is 34.9 Å². The van der Waals surface area contributed by atoms with Crippen molar-refractivity contribution < 1.29 is 19.1 Å². The lowest BCUT2D eigenvalue weighted by atomic mass is 9.96. The second-order valence-electron chi connectivity index (χ2n) is 6.66. The van der Waals surface area contributed by atoms with Crippen molar-refractivity contribution in [2.75, 3.05) is 11.9 Å². The highest BCUT2D eigenvalue weighted by atomic mass is 32.1. The van der Waals surface area contributed by atoms with Crippen LogP contribution in [-0.2, 0) is 22.4 Å². The molecule has 0 unspecified atom stereocenters. The summed E-state index contributed by atoms with van der Waals surface area (Å²) in [5.41, 5.74) is 4.18. The molecule has 0 bridgehead atoms. The zero-order valence-electron chi connectivity index (χ0n) is 15.4. The number of thiophene rings is 1. The Hall–Kier alpha value is -2.67. The molecule has 2 aromatic rings. The van der Waals surface area contributed by atoms with Crippen LogP contribution in [0.4, 0.5) is 10.5 Å². The van der Waals surface area contributed by atoms with Gasteiger partial charge in [0.25, 0.3) is 5.91 Å². The van der Waals surface area contributed by atoms with E-state index >= 15 is 0 Å². The molecule has 2 N–H and O–H groups in total. The molecule has 0 fully saturated rings. The van der Waals surface area contributed by atoms with Gasteiger partial charge >= 0.3 is 12.0 Å². The number of imide groups is 1. The van der Waals surface area contributed by atoms with E-state index in [0.29, 0.717) is 11.3 Å². The highest BCUT2D eigenvalue weighted by Crippen LogP contribution is 2.30. The predicted octanol–water partition coefficient (Wildman–Crippen LogP) is 3.75. The highest BCUT2D eigenvalue weighted by Gasteiger charge is 2.22. The summed E-state index contributed by atoms with van der Waals surface area (Å²) in [4.78, 5) is 37.3. The molecule has 0 atom stereocenters. The SMILES string of the molecule is Cc1ccc(NC(=O)NC(=O)COC(=O)c2csc3c2CCCC3)c(C)c1. The Morgan fingerprint density at radius 2 is 1.93 bits per heavy atom. The molecule has 0 saturated carbocycles. The van der Waals surface area contributed by atoms with E-state index in [0.717, 1.165) is 42.4 Å². The Labute approximate surface area is 161 Å². The number of nitrogens with one attached hydrogen (secondary N) is 2. The number of hydrogen-bond donors (Lipinski definition) is 2. The molecule has 1 heterocycles. The van der Waals surface area contributed by atoms with Gasteiger partial charge in [0.05, 0.1) is 5.56 Å². The number of esters is 1. The summed E-state index contributed by atoms with van der Waals surface area (Å²) in [7, 11) is 0. The molecule has 6 nitrogen and oxygen atoms in total. The maximum atomic E-state index is 12.2. The van der Waals surface area contributed by atoms with Crippen LogP contribution in [0.25, 0.3) is 0 Å². The summed E-state index contributed by atoms with van der Waals surface area (Å²) in [5, 5.41) is 6.58. The molecular formula is C20H22N2O4S. The Morgan fingerprint density at radius 1 is 1.15 bits per heavy atom. The summed E-state index contributed by atoms with van der Waals surface area (Å²) in [6, 6.07) is 4.92. The van der Waals surface area contributed by atoms with Crippen LogP contribution in [0.5, 0.6) is 0 Å². The third kappa shape index (κ3) is 4.74. The standard InChI is InChI=1S/C20H22N2O4S/c1-12-7-8-16(13(2)9-12)21-20(25)22-18(23)10-26-19(24)15-11-27-17-6-4-3-5-14(15)17/h7-9,11H,3-6,10H2,1-2H3,(H2,21,22,23,25). The summed E-state index contributed by atoms with van der Waals surface area (Å²) in [6.07, 6.45) is 4.06. The maximum Gasteiger partial charge on any atom is 0.339 e. The van der Waals surface area contributed by atoms with Gasteiger partial charge in [-0.2, -0.15) is 0 Å². The van der Waals surface area contributed by atoms with Crippen LogP contribution in [0.15, 0.2) is 23.6 Å². The molecule has 0 aliphatic heterocycles. The molecule has 3 amide bonds. The van der Waals surface area contributed by atoms with Crippen molar-refractivity contribution in [2.24, 2.45) is 0 Å². The minimum absolute atomic E-state index is 0.496. The van der Waals surface area contributed by atoms with Crippen molar-refractivity contribution in [3.63, 3.8) is 0 Å². The molecule has 1 aromatic carbocycles. The quantitative estimate of drug-likeness (QED) is 0.784. The molecule has 7 heteroatoms. The topological polar surface area (TPSA) is 84.5 Å². The van der Waals surface area contributed by atoms with Crippen molar-refractivity contribution in [1.82, 2.24) is 5.32 Å². The maximum absolute atomic E-state index is 12.2. The van der Waals surface area contributed by atoms with Crippen LogP contribution in [0.2, 0.25) is 0 Å². The third-order valence-electron chi connectivity index (χ3n) is 4.50. The fraction of sp³-hybridized carbons (Fsp3) is 0.350. The zero-order valence-corrected chi connectivity index (χ0v) is 16.2. The number of benzene rings is 1. The first kappa shape index (κ1) is 19.1. The molecule has 1 aromatic heterocycles. The Bertz CT molecular complexity index is 888. The van der Waals surface area contributed by atoms with Crippen molar-refractivity contribution in [2.45, 2.75) is 39.5 Å². The lowest BCUT2D eigenvalue weighted by molar-refractivity contribution is -0.123. The smallest absolute Gasteiger partial charge is 0.339 e. The van der Waals surface area contributed by atoms with E-state index in [9.17, 15) is 14.4 Å². The minimum Gasteiger partial charge on any atom is -0.452 e. The number of amides is 3. The van der Waals surface area contributed by atoms with Gasteiger partial charge in [0, 0.05) is 15.9 Å². The van der Waals surface area contributed by atoms with Gasteiger partial charge in [-0.1, -0.05) is 17.7 Å². The first-order valence-corrected chi connectivity index (χ1v) is 9.76. The third-order valence-corrected chi connectivity index (χ3v) is 5.59. The molecule has 0 radical (unpaired) electrons. The van der Waals surface area contributed by atoms with Crippen molar-refractivity contribution in [3.05, 3.63) is 50.7 Å². The molecule has 3 rings (SSSR count). The predicted molar refractivity (Wildman–Crippen MR) is 104 cm³/mol. The van der Waals surface area contributed by atoms with Gasteiger partial charge in [-0.05, 0) is 56.7 Å². The van der Waals surface area contributed by atoms with Crippen LogP contribution in [0, 0.1) is 13.8 Å². The Morgan fingerprint density at radius 3 is 2.70 bits per heavy atom. The average Bonchev–Trinajstić information content (AvgIpc) is 3.06. The van der Waals surface area contributed by atoms with Crippen LogP contribution in [0.3, 0.4) is 0 Å². The van der Waals surface area contributed by atoms with Gasteiger partial charge in [0.2, 0.25) is 0 Å². The van der Waals surface area contributed by atoms with Gasteiger partial charge < -0.3 is 10.1 Å². The molecule has 1 aliphatic rings. The molecule has 1 aliphatic carbocycles. The zero-order chi connectivity index (χ0) is 19.4. The van der Waals surface area contributed by atoms with Crippen LogP contribution in [-0.4, -0.2) is 24.5 Å². The molecule has 0 saturated heterocycles. The Kier molecular flexibility index (Phi) is 5.91. The highest BCUT2D eigenvalue weighted by molar-refractivity contribution is 7.10. The van der Waals surface area contributed by atoms with Gasteiger partial charge in [-0.15, -0.1) is 11.3 Å². The van der Waals surface area contributed by atoms with E-state index in [1.165, 1.54) is 4.88 Å². The normalized spacial score (nSPS) is 12.8. The fourth-order valence-corrected chi connectivity index (χ4v) is 4.26. The summed E-state index contributed by atoms with van der Waals surface area (Å²) in [5.74, 6) is -1.19. The average molecular weight is 386 g/mol. The summed E-state index contributed by atoms with van der Waals surface area (Å²) in [6.45, 7) is 3.33. The van der Waals surface area contributed by atoms with E-state index in [1.54, 1.807) is 22.8 Å². The number of carbonyl (C=O) groups is 3. The van der Waals surface area contributed by atoms with Gasteiger partial charge in [0.1, 0.15) is 0 Å². The van der Waals surface area contributed by atoms with Gasteiger partial charge in [-0.3, -0.25) is 10.1 Å². The Balaban J connectivity index is 1.50. The van der Waals surface area contributed by atoms with Crippen molar-refractivity contribution in [1.29, 1.82) is 0 Å². The van der Waals surface area contributed by atoms with Crippen LogP contribution < -0.4 is 10.6 Å². The monoisotopic (exact) mass is 386 g/mol.